The van der Waals surface area contributed by atoms with Crippen molar-refractivity contribution in [3.8, 4) is 0 Å². The smallest absolute Gasteiger partial charge is 0.173 e. The van der Waals surface area contributed by atoms with Gasteiger partial charge in [-0.25, -0.2) is 0 Å². The van der Waals surface area contributed by atoms with Crippen molar-refractivity contribution in [2.24, 2.45) is 0 Å². The number of β-amino-alcohol motifs (C(OH)–C–C–N with tert-alkyl or cyclic N) is 2. The molecule has 0 amide bonds. The van der Waals surface area contributed by atoms with Gasteiger partial charge in [0.15, 0.2) is 16.6 Å². The lowest BCUT2D eigenvalue weighted by Crippen LogP contribution is -2.57. The highest BCUT2D eigenvalue weighted by Crippen LogP contribution is 2.24. The van der Waals surface area contributed by atoms with E-state index in [9.17, 15) is 40.9 Å². The first-order valence-electron chi connectivity index (χ1n) is 13.6. The van der Waals surface area contributed by atoms with E-state index in [1.807, 2.05) is 0 Å². The highest BCUT2D eigenvalue weighted by Gasteiger charge is 2.33. The molecule has 0 aromatic rings. The first kappa shape index (κ1) is 38.9. The van der Waals surface area contributed by atoms with Gasteiger partial charge in [0, 0.05) is 26.3 Å². The molecule has 0 saturated heterocycles. The molecular weight excluding hydrogens is 548 g/mol. The van der Waals surface area contributed by atoms with E-state index >= 15 is 0 Å². The highest BCUT2D eigenvalue weighted by atomic mass is 28.4. The van der Waals surface area contributed by atoms with Gasteiger partial charge in [0.1, 0.15) is 0 Å². The minimum atomic E-state index is -1.92. The Balaban J connectivity index is 4.14. The Bertz CT molecular complexity index is 546. The van der Waals surface area contributed by atoms with Gasteiger partial charge < -0.3 is 65.1 Å². The van der Waals surface area contributed by atoms with E-state index in [0.29, 0.717) is 13.2 Å². The lowest BCUT2D eigenvalue weighted by molar-refractivity contribution is 0.00828. The molecule has 15 heteroatoms. The maximum atomic E-state index is 10.1. The van der Waals surface area contributed by atoms with Crippen molar-refractivity contribution in [2.45, 2.75) is 74.4 Å². The first-order valence-corrected chi connectivity index (χ1v) is 19.9. The lowest BCUT2D eigenvalue weighted by Gasteiger charge is -2.34. The average Bonchev–Trinajstić information content (AvgIpc) is 2.89. The Kier molecular flexibility index (Phi) is 19.9. The maximum Gasteiger partial charge on any atom is 0.173 e. The summed E-state index contributed by atoms with van der Waals surface area (Å²) in [5.74, 6) is 0. The third-order valence-electron chi connectivity index (χ3n) is 6.55. The molecule has 0 spiro atoms. The Morgan fingerprint density at radius 2 is 0.897 bits per heavy atom. The predicted molar refractivity (Wildman–Crippen MR) is 153 cm³/mol. The van der Waals surface area contributed by atoms with Gasteiger partial charge in [0.2, 0.25) is 0 Å². The van der Waals surface area contributed by atoms with Crippen LogP contribution in [0, 0.1) is 0 Å². The third kappa shape index (κ3) is 16.8. The molecule has 0 aromatic heterocycles. The Hall–Kier alpha value is -0.0862. The molecule has 236 valence electrons. The van der Waals surface area contributed by atoms with Crippen LogP contribution in [0.4, 0.5) is 0 Å². The third-order valence-corrected chi connectivity index (χ3v) is 14.1. The second-order valence-corrected chi connectivity index (χ2v) is 20.4. The van der Waals surface area contributed by atoms with Crippen LogP contribution >= 0.6 is 0 Å². The fraction of sp³-hybridized carbons (Fsp3) is 1.00. The summed E-state index contributed by atoms with van der Waals surface area (Å²) in [5, 5.41) is 81.5. The van der Waals surface area contributed by atoms with Crippen molar-refractivity contribution in [3.63, 3.8) is 0 Å². The van der Waals surface area contributed by atoms with Crippen LogP contribution in [0.1, 0.15) is 12.8 Å². The molecule has 0 rings (SSSR count). The molecular formula is C24H56N2O11Si2. The first-order chi connectivity index (χ1) is 18.3. The van der Waals surface area contributed by atoms with Crippen LogP contribution in [-0.2, 0) is 13.6 Å². The fourth-order valence-corrected chi connectivity index (χ4v) is 12.7. The summed E-state index contributed by atoms with van der Waals surface area (Å²) >= 11 is 0. The molecule has 0 heterocycles. The summed E-state index contributed by atoms with van der Waals surface area (Å²) in [5.41, 5.74) is -2.46. The second kappa shape index (κ2) is 19.9. The van der Waals surface area contributed by atoms with Crippen LogP contribution in [0.15, 0.2) is 0 Å². The molecule has 2 unspecified atom stereocenters. The summed E-state index contributed by atoms with van der Waals surface area (Å²) in [4.78, 5) is 0. The van der Waals surface area contributed by atoms with Gasteiger partial charge >= 0.3 is 0 Å². The zero-order chi connectivity index (χ0) is 30.0. The Morgan fingerprint density at radius 3 is 1.18 bits per heavy atom. The van der Waals surface area contributed by atoms with Gasteiger partial charge in [-0.1, -0.05) is 0 Å². The zero-order valence-corrected chi connectivity index (χ0v) is 26.3. The van der Waals surface area contributed by atoms with E-state index in [1.165, 1.54) is 0 Å². The van der Waals surface area contributed by atoms with Gasteiger partial charge in [-0.3, -0.25) is 0 Å². The van der Waals surface area contributed by atoms with Crippen LogP contribution in [0.5, 0.6) is 0 Å². The summed E-state index contributed by atoms with van der Waals surface area (Å²) in [7, 11) is -3.85. The fourth-order valence-electron chi connectivity index (χ4n) is 3.91. The van der Waals surface area contributed by atoms with E-state index in [2.05, 4.69) is 36.8 Å². The van der Waals surface area contributed by atoms with Gasteiger partial charge in [0.05, 0.1) is 76.1 Å². The number of hydrogen-bond donors (Lipinski definition) is 10. The van der Waals surface area contributed by atoms with Crippen molar-refractivity contribution in [3.05, 3.63) is 0 Å². The molecule has 0 bridgehead atoms. The predicted octanol–water partition coefficient (Wildman–Crippen LogP) is -2.44. The molecule has 39 heavy (non-hydrogen) atoms. The van der Waals surface area contributed by atoms with E-state index in [1.54, 1.807) is 0 Å². The summed E-state index contributed by atoms with van der Waals surface area (Å²) in [6.07, 6.45) is -0.0680. The molecule has 13 nitrogen and oxygen atoms in total. The topological polar surface area (TPSA) is 214 Å². The van der Waals surface area contributed by atoms with E-state index in [-0.39, 0.29) is 26.3 Å². The van der Waals surface area contributed by atoms with Gasteiger partial charge in [-0.15, -0.1) is 0 Å². The molecule has 0 aliphatic carbocycles. The van der Waals surface area contributed by atoms with E-state index < -0.39 is 79.6 Å². The van der Waals surface area contributed by atoms with E-state index in [4.69, 9.17) is 13.6 Å². The Morgan fingerprint density at radius 1 is 0.590 bits per heavy atom. The van der Waals surface area contributed by atoms with Crippen LogP contribution in [0.3, 0.4) is 0 Å². The van der Waals surface area contributed by atoms with Gasteiger partial charge in [-0.05, 0) is 51.1 Å². The van der Waals surface area contributed by atoms with E-state index in [0.717, 1.165) is 24.9 Å². The average molecular weight is 605 g/mol. The Labute approximate surface area is 235 Å². The summed E-state index contributed by atoms with van der Waals surface area (Å²) < 4.78 is 17.8. The molecule has 0 aliphatic rings. The minimum absolute atomic E-state index is 0.0717. The standard InChI is InChI=1S/C24H56N2O11Si2/c1-38(2,9-5-7-35-13-21(33)11-25-23(15-27,16-28)17-29)37-39(3,4)10-6-8-36-14-22(34)12-26-24(18-30,19-31)20-32/h21-22,25-34H,5-20H2,1-4H3. The molecule has 0 radical (unpaired) electrons. The normalized spacial score (nSPS) is 15.1. The number of aliphatic hydroxyl groups is 8. The van der Waals surface area contributed by atoms with Crippen LogP contribution in [0.25, 0.3) is 0 Å². The van der Waals surface area contributed by atoms with Crippen molar-refractivity contribution in [2.75, 3.05) is 79.2 Å². The van der Waals surface area contributed by atoms with Crippen molar-refractivity contribution < 1.29 is 54.4 Å². The molecule has 0 aromatic carbocycles. The lowest BCUT2D eigenvalue weighted by atomic mass is 10.0. The van der Waals surface area contributed by atoms with Crippen LogP contribution in [-0.4, -0.2) is 160 Å². The number of nitrogens with one attached hydrogen (secondary N) is 2. The largest absolute Gasteiger partial charge is 0.455 e. The molecule has 2 atom stereocenters. The molecule has 10 N–H and O–H groups in total. The monoisotopic (exact) mass is 604 g/mol. The van der Waals surface area contributed by atoms with Crippen LogP contribution < -0.4 is 10.6 Å². The molecule has 0 fully saturated rings. The van der Waals surface area contributed by atoms with Crippen LogP contribution in [0.2, 0.25) is 38.3 Å². The molecule has 0 aliphatic heterocycles. The number of hydrogen-bond acceptors (Lipinski definition) is 13. The summed E-state index contributed by atoms with van der Waals surface area (Å²) in [6, 6.07) is 1.82. The zero-order valence-electron chi connectivity index (χ0n) is 24.3. The van der Waals surface area contributed by atoms with Crippen molar-refractivity contribution in [1.29, 1.82) is 0 Å². The number of rotatable bonds is 26. The maximum absolute atomic E-state index is 10.1. The quantitative estimate of drug-likeness (QED) is 0.0367. The van der Waals surface area contributed by atoms with Gasteiger partial charge in [0.25, 0.3) is 0 Å². The van der Waals surface area contributed by atoms with Crippen molar-refractivity contribution in [1.82, 2.24) is 10.6 Å². The number of ether oxygens (including phenoxy) is 2. The molecule has 0 saturated carbocycles. The minimum Gasteiger partial charge on any atom is -0.455 e. The highest BCUT2D eigenvalue weighted by molar-refractivity contribution is 6.84. The summed E-state index contributed by atoms with van der Waals surface area (Å²) in [6.45, 7) is 7.32. The van der Waals surface area contributed by atoms with Crippen molar-refractivity contribution >= 4 is 16.6 Å². The number of aliphatic hydroxyl groups excluding tert-OH is 8. The second-order valence-electron chi connectivity index (χ2n) is 11.6. The SMILES string of the molecule is C[Si](C)(CCCOCC(O)CNC(CO)(CO)CO)O[Si](C)(C)CCCOCC(O)CNC(CO)(CO)CO. The van der Waals surface area contributed by atoms with Gasteiger partial charge in [-0.2, -0.15) is 0 Å².